The molecule has 0 radical (unpaired) electrons. The first-order chi connectivity index (χ1) is 12.5. The first-order valence-corrected chi connectivity index (χ1v) is 9.07. The molecule has 1 aliphatic carbocycles. The zero-order valence-corrected chi connectivity index (χ0v) is 15.1. The van der Waals surface area contributed by atoms with E-state index in [9.17, 15) is 9.18 Å². The number of rotatable bonds is 6. The number of aryl methyl sites for hydroxylation is 1. The highest BCUT2D eigenvalue weighted by Gasteiger charge is 2.35. The number of aromatic nitrogens is 3. The molecule has 0 bridgehead atoms. The van der Waals surface area contributed by atoms with Crippen LogP contribution in [0.4, 0.5) is 4.39 Å². The van der Waals surface area contributed by atoms with Crippen LogP contribution in [0.5, 0.6) is 0 Å². The summed E-state index contributed by atoms with van der Waals surface area (Å²) in [5.41, 5.74) is 1.91. The molecule has 0 aromatic carbocycles. The van der Waals surface area contributed by atoms with E-state index in [0.29, 0.717) is 32.0 Å². The molecule has 0 N–H and O–H groups in total. The van der Waals surface area contributed by atoms with Crippen LogP contribution in [0, 0.1) is 0 Å². The zero-order valence-electron chi connectivity index (χ0n) is 15.1. The highest BCUT2D eigenvalue weighted by atomic mass is 19.1. The first-order valence-electron chi connectivity index (χ1n) is 9.07. The second kappa shape index (κ2) is 6.83. The fourth-order valence-electron chi connectivity index (χ4n) is 3.64. The number of halogens is 1. The molecule has 1 aliphatic heterocycles. The predicted molar refractivity (Wildman–Crippen MR) is 92.4 cm³/mol. The van der Waals surface area contributed by atoms with E-state index in [2.05, 4.69) is 15.2 Å². The van der Waals surface area contributed by atoms with E-state index in [1.165, 1.54) is 0 Å². The van der Waals surface area contributed by atoms with Gasteiger partial charge in [-0.15, -0.1) is 0 Å². The average molecular weight is 361 g/mol. The third kappa shape index (κ3) is 3.65. The van der Waals surface area contributed by atoms with Crippen molar-refractivity contribution >= 4 is 5.91 Å². The van der Waals surface area contributed by atoms with Crippen molar-refractivity contribution < 1.29 is 13.7 Å². The fourth-order valence-corrected chi connectivity index (χ4v) is 3.64. The molecule has 2 aromatic heterocycles. The van der Waals surface area contributed by atoms with E-state index in [1.807, 2.05) is 13.2 Å². The Morgan fingerprint density at radius 2 is 2.27 bits per heavy atom. The molecule has 4 rings (SSSR count). The first kappa shape index (κ1) is 17.2. The summed E-state index contributed by atoms with van der Waals surface area (Å²) in [5.74, 6) is 0.513. The van der Waals surface area contributed by atoms with Crippen molar-refractivity contribution in [3.63, 3.8) is 0 Å². The molecule has 0 spiro atoms. The third-order valence-corrected chi connectivity index (χ3v) is 5.19. The Kier molecular flexibility index (Phi) is 4.52. The lowest BCUT2D eigenvalue weighted by Crippen LogP contribution is -2.40. The summed E-state index contributed by atoms with van der Waals surface area (Å²) in [5, 5.41) is 8.16. The standard InChI is InChI=1S/C18H24FN5O2/c1-22(18(25)17-6-16(21-26-17)13-3-4-13)11-15-5-14(19)10-24(15)9-12-7-20-23(2)8-12/h6-8,13-15H,3-5,9-11H2,1-2H3/t14-,15-/m0/s1. The summed E-state index contributed by atoms with van der Waals surface area (Å²) in [7, 11) is 3.60. The number of hydrogen-bond acceptors (Lipinski definition) is 5. The number of likely N-dealkylation sites (N-methyl/N-ethyl adjacent to an activating group) is 1. The lowest BCUT2D eigenvalue weighted by atomic mass is 10.2. The molecule has 2 aliphatic rings. The largest absolute Gasteiger partial charge is 0.351 e. The Morgan fingerprint density at radius 1 is 1.46 bits per heavy atom. The quantitative estimate of drug-likeness (QED) is 0.787. The van der Waals surface area contributed by atoms with Crippen molar-refractivity contribution in [1.29, 1.82) is 0 Å². The molecule has 1 saturated heterocycles. The van der Waals surface area contributed by atoms with Gasteiger partial charge < -0.3 is 9.42 Å². The van der Waals surface area contributed by atoms with E-state index >= 15 is 0 Å². The molecule has 2 fully saturated rings. The van der Waals surface area contributed by atoms with Gasteiger partial charge in [-0.2, -0.15) is 5.10 Å². The van der Waals surface area contributed by atoms with Crippen LogP contribution in [0.3, 0.4) is 0 Å². The molecule has 1 amide bonds. The molecule has 3 heterocycles. The Hall–Kier alpha value is -2.22. The summed E-state index contributed by atoms with van der Waals surface area (Å²) in [6, 6.07) is 1.72. The molecular formula is C18H24FN5O2. The Morgan fingerprint density at radius 3 is 2.96 bits per heavy atom. The SMILES string of the molecule is CN(C[C@@H]1C[C@H](F)CN1Cc1cnn(C)c1)C(=O)c1cc(C2CC2)no1. The normalized spacial score (nSPS) is 23.5. The van der Waals surface area contributed by atoms with Crippen molar-refractivity contribution in [1.82, 2.24) is 24.7 Å². The van der Waals surface area contributed by atoms with Crippen LogP contribution in [0.15, 0.2) is 23.0 Å². The van der Waals surface area contributed by atoms with E-state index in [0.717, 1.165) is 24.1 Å². The molecular weight excluding hydrogens is 337 g/mol. The number of hydrogen-bond donors (Lipinski definition) is 0. The van der Waals surface area contributed by atoms with Gasteiger partial charge in [0.1, 0.15) is 6.17 Å². The number of carbonyl (C=O) groups excluding carboxylic acids is 1. The predicted octanol–water partition coefficient (Wildman–Crippen LogP) is 1.97. The molecule has 0 unspecified atom stereocenters. The lowest BCUT2D eigenvalue weighted by molar-refractivity contribution is 0.0709. The zero-order chi connectivity index (χ0) is 18.3. The topological polar surface area (TPSA) is 67.4 Å². The van der Waals surface area contributed by atoms with Crippen LogP contribution < -0.4 is 0 Å². The van der Waals surface area contributed by atoms with Gasteiger partial charge in [-0.25, -0.2) is 4.39 Å². The fraction of sp³-hybridized carbons (Fsp3) is 0.611. The summed E-state index contributed by atoms with van der Waals surface area (Å²) in [6.07, 6.45) is 5.52. The molecule has 2 aromatic rings. The molecule has 7 nitrogen and oxygen atoms in total. The maximum absolute atomic E-state index is 14.0. The number of alkyl halides is 1. The molecule has 140 valence electrons. The van der Waals surface area contributed by atoms with E-state index in [4.69, 9.17) is 4.52 Å². The summed E-state index contributed by atoms with van der Waals surface area (Å²) >= 11 is 0. The third-order valence-electron chi connectivity index (χ3n) is 5.19. The highest BCUT2D eigenvalue weighted by molar-refractivity contribution is 5.91. The summed E-state index contributed by atoms with van der Waals surface area (Å²) in [6.45, 7) is 1.48. The van der Waals surface area contributed by atoms with Crippen molar-refractivity contribution in [2.24, 2.45) is 7.05 Å². The van der Waals surface area contributed by atoms with Crippen LogP contribution in [0.1, 0.15) is 47.0 Å². The van der Waals surface area contributed by atoms with Crippen LogP contribution in [0.2, 0.25) is 0 Å². The van der Waals surface area contributed by atoms with Crippen LogP contribution >= 0.6 is 0 Å². The van der Waals surface area contributed by atoms with Gasteiger partial charge in [0.15, 0.2) is 0 Å². The van der Waals surface area contributed by atoms with Crippen LogP contribution in [-0.2, 0) is 13.6 Å². The molecule has 1 saturated carbocycles. The number of likely N-dealkylation sites (tertiary alicyclic amines) is 1. The van der Waals surface area contributed by atoms with Gasteiger partial charge in [-0.3, -0.25) is 14.4 Å². The number of carbonyl (C=O) groups is 1. The molecule has 8 heteroatoms. The molecule has 26 heavy (non-hydrogen) atoms. The Balaban J connectivity index is 1.39. The van der Waals surface area contributed by atoms with Gasteiger partial charge in [0.2, 0.25) is 5.76 Å². The Labute approximate surface area is 151 Å². The van der Waals surface area contributed by atoms with Gasteiger partial charge >= 0.3 is 0 Å². The molecule has 2 atom stereocenters. The van der Waals surface area contributed by atoms with E-state index < -0.39 is 6.17 Å². The maximum atomic E-state index is 14.0. The van der Waals surface area contributed by atoms with Crippen LogP contribution in [0.25, 0.3) is 0 Å². The minimum absolute atomic E-state index is 0.0232. The van der Waals surface area contributed by atoms with E-state index in [1.54, 1.807) is 28.9 Å². The highest BCUT2D eigenvalue weighted by Crippen LogP contribution is 2.39. The van der Waals surface area contributed by atoms with Gasteiger partial charge in [0.25, 0.3) is 5.91 Å². The van der Waals surface area contributed by atoms with Gasteiger partial charge in [0.05, 0.1) is 11.9 Å². The monoisotopic (exact) mass is 361 g/mol. The maximum Gasteiger partial charge on any atom is 0.292 e. The van der Waals surface area contributed by atoms with Gasteiger partial charge in [-0.1, -0.05) is 5.16 Å². The smallest absolute Gasteiger partial charge is 0.292 e. The van der Waals surface area contributed by atoms with Gasteiger partial charge in [-0.05, 0) is 19.3 Å². The minimum atomic E-state index is -0.869. The van der Waals surface area contributed by atoms with Crippen molar-refractivity contribution in [3.8, 4) is 0 Å². The number of amides is 1. The summed E-state index contributed by atoms with van der Waals surface area (Å²) < 4.78 is 21.0. The van der Waals surface area contributed by atoms with E-state index in [-0.39, 0.29) is 17.7 Å². The average Bonchev–Trinajstić information content (AvgIpc) is 3.02. The summed E-state index contributed by atoms with van der Waals surface area (Å²) in [4.78, 5) is 16.3. The number of nitrogens with zero attached hydrogens (tertiary/aromatic N) is 5. The second-order valence-corrected chi connectivity index (χ2v) is 7.51. The second-order valence-electron chi connectivity index (χ2n) is 7.51. The van der Waals surface area contributed by atoms with Crippen molar-refractivity contribution in [2.75, 3.05) is 20.1 Å². The Bertz CT molecular complexity index is 784. The minimum Gasteiger partial charge on any atom is -0.351 e. The van der Waals surface area contributed by atoms with Crippen LogP contribution in [-0.4, -0.2) is 63.0 Å². The van der Waals surface area contributed by atoms with Gasteiger partial charge in [0, 0.05) is 63.5 Å². The van der Waals surface area contributed by atoms with Crippen molar-refractivity contribution in [3.05, 3.63) is 35.5 Å². The lowest BCUT2D eigenvalue weighted by Gasteiger charge is -2.27. The van der Waals surface area contributed by atoms with Crippen molar-refractivity contribution in [2.45, 2.75) is 43.9 Å².